The Morgan fingerprint density at radius 1 is 0.538 bits per heavy atom. The lowest BCUT2D eigenvalue weighted by Crippen LogP contribution is -2.64. The number of benzene rings is 1. The molecule has 0 aliphatic carbocycles. The number of rotatable bonds is 23. The van der Waals surface area contributed by atoms with E-state index in [9.17, 15) is 82.5 Å². The van der Waals surface area contributed by atoms with E-state index in [0.29, 0.717) is 0 Å². The lowest BCUT2D eigenvalue weighted by Gasteiger charge is -2.44. The summed E-state index contributed by atoms with van der Waals surface area (Å²) in [6.45, 7) is -3.44. The van der Waals surface area contributed by atoms with Gasteiger partial charge in [-0.2, -0.15) is 0 Å². The molecule has 0 atom stereocenters. The molecule has 27 nitrogen and oxygen atoms in total. The van der Waals surface area contributed by atoms with Gasteiger partial charge < -0.3 is 40.5 Å². The van der Waals surface area contributed by atoms with Crippen LogP contribution in [0.15, 0.2) is 29.2 Å². The van der Waals surface area contributed by atoms with Crippen LogP contribution in [0.5, 0.6) is 0 Å². The van der Waals surface area contributed by atoms with E-state index in [2.05, 4.69) is 10.0 Å². The molecule has 2 heterocycles. The zero-order valence-electron chi connectivity index (χ0n) is 35.5. The van der Waals surface area contributed by atoms with Gasteiger partial charge in [-0.1, -0.05) is 0 Å². The molecule has 2 fully saturated rings. The predicted octanol–water partition coefficient (Wildman–Crippen LogP) is -4.01. The monoisotopic (exact) mass is 947 g/mol. The summed E-state index contributed by atoms with van der Waals surface area (Å²) in [6.07, 6.45) is -1.14. The number of ether oxygens (including phenoxy) is 1. The van der Waals surface area contributed by atoms with Crippen molar-refractivity contribution in [1.82, 2.24) is 39.0 Å². The second-order valence-electron chi connectivity index (χ2n) is 15.6. The minimum absolute atomic E-state index is 0.00240. The first-order valence-corrected chi connectivity index (χ1v) is 21.7. The first-order valence-electron chi connectivity index (χ1n) is 20.2. The number of hydrogen-bond acceptors (Lipinski definition) is 18. The fourth-order valence-electron chi connectivity index (χ4n) is 7.42. The van der Waals surface area contributed by atoms with E-state index in [4.69, 9.17) is 4.74 Å². The second kappa shape index (κ2) is 25.8. The Morgan fingerprint density at radius 3 is 1.26 bits per heavy atom. The molecule has 2 aliphatic rings. The quantitative estimate of drug-likeness (QED) is 0.0505. The molecule has 0 spiro atoms. The summed E-state index contributed by atoms with van der Waals surface area (Å²) < 4.78 is 34.6. The zero-order chi connectivity index (χ0) is 48.3. The van der Waals surface area contributed by atoms with Crippen molar-refractivity contribution >= 4 is 63.6 Å². The van der Waals surface area contributed by atoms with Crippen molar-refractivity contribution in [3.63, 3.8) is 0 Å². The maximum absolute atomic E-state index is 13.3. The Hall–Kier alpha value is -5.59. The van der Waals surface area contributed by atoms with E-state index in [0.717, 1.165) is 4.90 Å². The van der Waals surface area contributed by atoms with Crippen LogP contribution in [0.3, 0.4) is 0 Å². The van der Waals surface area contributed by atoms with E-state index in [1.807, 2.05) is 4.90 Å². The number of amides is 1. The van der Waals surface area contributed by atoms with Gasteiger partial charge in [0.25, 0.3) is 0 Å². The van der Waals surface area contributed by atoms with Crippen LogP contribution in [0, 0.1) is 0 Å². The number of carboxylic acid groups (broad SMARTS) is 7. The van der Waals surface area contributed by atoms with Gasteiger partial charge in [-0.25, -0.2) is 17.9 Å². The first kappa shape index (κ1) is 53.7. The Morgan fingerprint density at radius 2 is 0.892 bits per heavy atom. The number of hydrogen-bond donors (Lipinski definition) is 9. The van der Waals surface area contributed by atoms with Gasteiger partial charge in [0.05, 0.1) is 56.2 Å². The van der Waals surface area contributed by atoms with Crippen molar-refractivity contribution in [2.45, 2.75) is 10.4 Å². The molecule has 3 rings (SSSR count). The molecule has 0 unspecified atom stereocenters. The van der Waals surface area contributed by atoms with Crippen molar-refractivity contribution in [2.24, 2.45) is 0 Å². The Kier molecular flexibility index (Phi) is 21.3. The van der Waals surface area contributed by atoms with Gasteiger partial charge >= 0.3 is 47.9 Å². The maximum Gasteiger partial charge on any atom is 0.411 e. The highest BCUT2D eigenvalue weighted by Crippen LogP contribution is 2.24. The lowest BCUT2D eigenvalue weighted by atomic mass is 9.96. The Labute approximate surface area is 373 Å². The normalized spacial score (nSPS) is 18.1. The summed E-state index contributed by atoms with van der Waals surface area (Å²) in [5, 5.41) is 69.1. The molecule has 2 aliphatic heterocycles. The van der Waals surface area contributed by atoms with Gasteiger partial charge in [-0.3, -0.25) is 73.2 Å². The predicted molar refractivity (Wildman–Crippen MR) is 223 cm³/mol. The number of nitrogens with one attached hydrogen (secondary N) is 2. The van der Waals surface area contributed by atoms with Gasteiger partial charge in [0.15, 0.2) is 0 Å². The molecule has 28 heteroatoms. The molecule has 0 bridgehead atoms. The maximum atomic E-state index is 13.3. The third kappa shape index (κ3) is 20.0. The van der Waals surface area contributed by atoms with E-state index < -0.39 is 96.2 Å². The number of carbonyl (C=O) groups is 8. The topological polar surface area (TPSA) is 368 Å². The minimum Gasteiger partial charge on any atom is -0.480 e. The molecular weight excluding hydrogens is 891 g/mol. The Bertz CT molecular complexity index is 1870. The molecule has 1 amide bonds. The number of sulfonamides is 1. The molecule has 65 heavy (non-hydrogen) atoms. The minimum atomic E-state index is -4.15. The third-order valence-electron chi connectivity index (χ3n) is 10.4. The summed E-state index contributed by atoms with van der Waals surface area (Å²) in [5.41, 5.74) is -1.71. The van der Waals surface area contributed by atoms with Crippen LogP contribution >= 0.6 is 0 Å². The zero-order valence-corrected chi connectivity index (χ0v) is 36.3. The number of carboxylic acids is 7. The average molecular weight is 948 g/mol. The van der Waals surface area contributed by atoms with Crippen molar-refractivity contribution in [1.29, 1.82) is 0 Å². The summed E-state index contributed by atoms with van der Waals surface area (Å²) in [5.74, 6) is -8.75. The van der Waals surface area contributed by atoms with E-state index in [1.165, 1.54) is 34.1 Å². The van der Waals surface area contributed by atoms with Crippen LogP contribution in [-0.2, 0) is 48.3 Å². The van der Waals surface area contributed by atoms with Gasteiger partial charge in [0, 0.05) is 97.3 Å². The number of anilines is 1. The standard InChI is InChI=1S/C37H57N9O18S/c47-29(48)17-41-9-7-40(8-10-42(18-30(49)50)12-14-43(13-11-41)19-31(51)52)6-5-38-65(62,63)28-3-1-27(2-4-28)39-36(61)64-26-37(46(22-34(57)58)23-35(59)60)24-44(20-32(53)54)15-16-45(25-37)21-33(55)56/h1-4,38H,5-26H2,(H,39,61)(H,47,48)(H,49,50)(H,51,52)(H,53,54)(H,55,56)(H,57,58)(H,59,60). The molecular formula is C37H57N9O18S. The molecule has 2 saturated heterocycles. The number of carbonyl (C=O) groups excluding carboxylic acids is 1. The fraction of sp³-hybridized carbons (Fsp3) is 0.622. The number of aliphatic carboxylic acids is 7. The average Bonchev–Trinajstić information content (AvgIpc) is 3.35. The van der Waals surface area contributed by atoms with Crippen molar-refractivity contribution in [3.05, 3.63) is 24.3 Å². The SMILES string of the molecule is O=C(O)CN1CCN(CCNS(=O)(=O)c2ccc(NC(=O)OCC3(N(CC(=O)O)CC(=O)O)CN(CC(=O)O)CCN(CC(=O)O)C3)cc2)CCN(CC(=O)O)CCN(CC(=O)O)CC1. The molecule has 1 aromatic carbocycles. The summed E-state index contributed by atoms with van der Waals surface area (Å²) in [4.78, 5) is 105. The van der Waals surface area contributed by atoms with Crippen LogP contribution in [0.25, 0.3) is 0 Å². The van der Waals surface area contributed by atoms with E-state index in [-0.39, 0.29) is 122 Å². The van der Waals surface area contributed by atoms with Crippen molar-refractivity contribution in [3.8, 4) is 0 Å². The molecule has 1 aromatic rings. The van der Waals surface area contributed by atoms with Crippen molar-refractivity contribution in [2.75, 3.05) is 149 Å². The van der Waals surface area contributed by atoms with Gasteiger partial charge in [0.2, 0.25) is 10.0 Å². The highest BCUT2D eigenvalue weighted by molar-refractivity contribution is 7.89. The molecule has 0 saturated carbocycles. The number of nitrogens with zero attached hydrogens (tertiary/aromatic N) is 7. The summed E-state index contributed by atoms with van der Waals surface area (Å²) >= 11 is 0. The molecule has 9 N–H and O–H groups in total. The van der Waals surface area contributed by atoms with Crippen LogP contribution in [0.2, 0.25) is 0 Å². The molecule has 0 radical (unpaired) electrons. The van der Waals surface area contributed by atoms with Crippen LogP contribution < -0.4 is 10.0 Å². The smallest absolute Gasteiger partial charge is 0.411 e. The summed E-state index contributed by atoms with van der Waals surface area (Å²) in [6, 6.07) is 4.83. The highest BCUT2D eigenvalue weighted by Gasteiger charge is 2.45. The lowest BCUT2D eigenvalue weighted by molar-refractivity contribution is -0.149. The van der Waals surface area contributed by atoms with E-state index in [1.54, 1.807) is 14.7 Å². The van der Waals surface area contributed by atoms with Crippen LogP contribution in [-0.4, -0.2) is 276 Å². The first-order chi connectivity index (χ1) is 30.5. The van der Waals surface area contributed by atoms with Crippen molar-refractivity contribution < 1.29 is 87.3 Å². The second-order valence-corrected chi connectivity index (χ2v) is 17.3. The molecule has 364 valence electrons. The van der Waals surface area contributed by atoms with Crippen LogP contribution in [0.4, 0.5) is 10.5 Å². The Balaban J connectivity index is 1.72. The third-order valence-corrected chi connectivity index (χ3v) is 11.9. The van der Waals surface area contributed by atoms with E-state index >= 15 is 0 Å². The highest BCUT2D eigenvalue weighted by atomic mass is 32.2. The fourth-order valence-corrected chi connectivity index (χ4v) is 8.44. The summed E-state index contributed by atoms with van der Waals surface area (Å²) in [7, 11) is -4.15. The van der Waals surface area contributed by atoms with Gasteiger partial charge in [0.1, 0.15) is 6.61 Å². The van der Waals surface area contributed by atoms with Gasteiger partial charge in [-0.15, -0.1) is 0 Å². The van der Waals surface area contributed by atoms with Gasteiger partial charge in [-0.05, 0) is 24.3 Å². The van der Waals surface area contributed by atoms with Crippen LogP contribution in [0.1, 0.15) is 0 Å². The largest absolute Gasteiger partial charge is 0.480 e. The molecule has 0 aromatic heterocycles.